The highest BCUT2D eigenvalue weighted by molar-refractivity contribution is 5.94. The van der Waals surface area contributed by atoms with Crippen molar-refractivity contribution in [1.82, 2.24) is 4.90 Å². The lowest BCUT2D eigenvalue weighted by molar-refractivity contribution is -0.132. The van der Waals surface area contributed by atoms with Crippen molar-refractivity contribution in [2.45, 2.75) is 38.6 Å². The average Bonchev–Trinajstić information content (AvgIpc) is 3.57. The Hall–Kier alpha value is -3.34. The van der Waals surface area contributed by atoms with Crippen LogP contribution in [0.15, 0.2) is 65.1 Å². The van der Waals surface area contributed by atoms with Crippen molar-refractivity contribution in [2.75, 3.05) is 11.9 Å². The summed E-state index contributed by atoms with van der Waals surface area (Å²) < 4.78 is 6.09. The van der Waals surface area contributed by atoms with Crippen molar-refractivity contribution in [3.63, 3.8) is 0 Å². The maximum Gasteiger partial charge on any atom is 0.227 e. The fourth-order valence-corrected chi connectivity index (χ4v) is 4.05. The van der Waals surface area contributed by atoms with Crippen LogP contribution in [0.3, 0.4) is 0 Å². The minimum Gasteiger partial charge on any atom is -0.461 e. The van der Waals surface area contributed by atoms with Gasteiger partial charge in [-0.05, 0) is 55.2 Å². The van der Waals surface area contributed by atoms with Crippen LogP contribution in [0.4, 0.5) is 5.69 Å². The number of nitrogens with zero attached hydrogens (tertiary/aromatic N) is 1. The van der Waals surface area contributed by atoms with Gasteiger partial charge in [0.25, 0.3) is 0 Å². The molecule has 0 bridgehead atoms. The van der Waals surface area contributed by atoms with Gasteiger partial charge < -0.3 is 14.6 Å². The average molecular weight is 415 g/mol. The summed E-state index contributed by atoms with van der Waals surface area (Å²) in [5.74, 6) is 2.26. The van der Waals surface area contributed by atoms with Crippen LogP contribution >= 0.6 is 0 Å². The second kappa shape index (κ2) is 8.42. The molecule has 1 fully saturated rings. The fraction of sp³-hybridized carbons (Fsp3) is 0.308. The Morgan fingerprint density at radius 1 is 1.03 bits per heavy atom. The van der Waals surface area contributed by atoms with E-state index >= 15 is 0 Å². The van der Waals surface area contributed by atoms with Crippen molar-refractivity contribution >= 4 is 17.5 Å². The summed E-state index contributed by atoms with van der Waals surface area (Å²) in [6.45, 7) is 1.29. The van der Waals surface area contributed by atoms with Gasteiger partial charge in [-0.15, -0.1) is 0 Å². The molecule has 0 radical (unpaired) electrons. The van der Waals surface area contributed by atoms with Crippen LogP contribution in [0.1, 0.15) is 36.1 Å². The number of hydrogen-bond donors (Lipinski definition) is 1. The van der Waals surface area contributed by atoms with E-state index in [1.165, 1.54) is 5.56 Å². The van der Waals surface area contributed by atoms with E-state index in [4.69, 9.17) is 4.42 Å². The lowest BCUT2D eigenvalue weighted by Crippen LogP contribution is -2.35. The number of benzene rings is 2. The Labute approximate surface area is 182 Å². The Bertz CT molecular complexity index is 1080. The van der Waals surface area contributed by atoms with Crippen LogP contribution in [-0.4, -0.2) is 23.3 Å². The van der Waals surface area contributed by atoms with E-state index in [1.807, 2.05) is 53.4 Å². The molecule has 0 spiro atoms. The molecule has 2 amide bonds. The molecule has 5 heteroatoms. The predicted molar refractivity (Wildman–Crippen MR) is 119 cm³/mol. The maximum absolute atomic E-state index is 12.7. The van der Waals surface area contributed by atoms with Gasteiger partial charge >= 0.3 is 0 Å². The quantitative estimate of drug-likeness (QED) is 0.629. The molecule has 1 aromatic heterocycles. The molecule has 0 atom stereocenters. The first-order chi connectivity index (χ1) is 15.2. The van der Waals surface area contributed by atoms with Gasteiger partial charge in [0.1, 0.15) is 11.5 Å². The highest BCUT2D eigenvalue weighted by Gasteiger charge is 2.29. The van der Waals surface area contributed by atoms with E-state index in [0.29, 0.717) is 19.5 Å². The Morgan fingerprint density at radius 2 is 1.81 bits per heavy atom. The molecular formula is C26H26N2O3. The monoisotopic (exact) mass is 414 g/mol. The summed E-state index contributed by atoms with van der Waals surface area (Å²) in [4.78, 5) is 26.5. The Balaban J connectivity index is 1.21. The second-order valence-electron chi connectivity index (χ2n) is 8.45. The van der Waals surface area contributed by atoms with Gasteiger partial charge in [0, 0.05) is 48.7 Å². The van der Waals surface area contributed by atoms with E-state index in [0.717, 1.165) is 54.0 Å². The highest BCUT2D eigenvalue weighted by atomic mass is 16.3. The third-order valence-electron chi connectivity index (χ3n) is 6.07. The number of carbonyl (C=O) groups is 2. The van der Waals surface area contributed by atoms with Crippen molar-refractivity contribution in [3.05, 3.63) is 77.6 Å². The molecule has 1 aliphatic heterocycles. The number of amides is 2. The van der Waals surface area contributed by atoms with E-state index in [-0.39, 0.29) is 17.7 Å². The molecule has 0 saturated heterocycles. The fourth-order valence-electron chi connectivity index (χ4n) is 4.05. The number of nitrogens with one attached hydrogen (secondary N) is 1. The van der Waals surface area contributed by atoms with Crippen LogP contribution in [0.2, 0.25) is 0 Å². The first-order valence-electron chi connectivity index (χ1n) is 11.0. The van der Waals surface area contributed by atoms with Crippen LogP contribution in [-0.2, 0) is 29.0 Å². The molecular weight excluding hydrogens is 388 g/mol. The van der Waals surface area contributed by atoms with Crippen molar-refractivity contribution in [2.24, 2.45) is 5.92 Å². The molecule has 1 N–H and O–H groups in total. The van der Waals surface area contributed by atoms with Crippen molar-refractivity contribution in [1.29, 1.82) is 0 Å². The lowest BCUT2D eigenvalue weighted by Gasteiger charge is -2.26. The van der Waals surface area contributed by atoms with E-state index in [2.05, 4.69) is 17.4 Å². The minimum absolute atomic E-state index is 0.109. The van der Waals surface area contributed by atoms with Crippen LogP contribution < -0.4 is 5.32 Å². The summed E-state index contributed by atoms with van der Waals surface area (Å²) in [5, 5.41) is 2.96. The third kappa shape index (κ3) is 4.55. The summed E-state index contributed by atoms with van der Waals surface area (Å²) in [6.07, 6.45) is 4.02. The third-order valence-corrected chi connectivity index (χ3v) is 6.07. The predicted octanol–water partition coefficient (Wildman–Crippen LogP) is 4.81. The van der Waals surface area contributed by atoms with E-state index in [9.17, 15) is 9.59 Å². The van der Waals surface area contributed by atoms with Crippen LogP contribution in [0.25, 0.3) is 11.3 Å². The van der Waals surface area contributed by atoms with Gasteiger partial charge in [0.05, 0.1) is 0 Å². The zero-order chi connectivity index (χ0) is 21.2. The largest absolute Gasteiger partial charge is 0.461 e. The number of fused-ring (bicyclic) bond motifs is 1. The summed E-state index contributed by atoms with van der Waals surface area (Å²) in [6, 6.07) is 19.9. The van der Waals surface area contributed by atoms with Gasteiger partial charge in [0.2, 0.25) is 11.8 Å². The summed E-state index contributed by atoms with van der Waals surface area (Å²) >= 11 is 0. The number of furan rings is 1. The Kier molecular flexibility index (Phi) is 5.33. The van der Waals surface area contributed by atoms with Gasteiger partial charge in [-0.25, -0.2) is 0 Å². The molecule has 2 heterocycles. The van der Waals surface area contributed by atoms with Crippen LogP contribution in [0, 0.1) is 5.92 Å². The molecule has 3 aromatic rings. The molecule has 5 rings (SSSR count). The van der Waals surface area contributed by atoms with Crippen LogP contribution in [0.5, 0.6) is 0 Å². The standard InChI is InChI=1S/C26H26N2O3/c29-25(13-6-18-4-2-1-3-5-18)28-15-14-23-21(17-28)16-24(31-23)19-9-11-22(12-10-19)27-26(30)20-7-8-20/h1-5,9-12,16,20H,6-8,13-15,17H2,(H,27,30). The summed E-state index contributed by atoms with van der Waals surface area (Å²) in [5.41, 5.74) is 4.06. The molecule has 2 aromatic carbocycles. The van der Waals surface area contributed by atoms with Gasteiger partial charge in [-0.1, -0.05) is 30.3 Å². The topological polar surface area (TPSA) is 62.6 Å². The molecule has 5 nitrogen and oxygen atoms in total. The number of anilines is 1. The lowest BCUT2D eigenvalue weighted by atomic mass is 10.1. The van der Waals surface area contributed by atoms with Gasteiger partial charge in [0.15, 0.2) is 0 Å². The smallest absolute Gasteiger partial charge is 0.227 e. The SMILES string of the molecule is O=C(Nc1ccc(-c2cc3c(o2)CCN(C(=O)CCc2ccccc2)C3)cc1)C1CC1. The number of hydrogen-bond acceptors (Lipinski definition) is 3. The van der Waals surface area contributed by atoms with E-state index in [1.54, 1.807) is 0 Å². The molecule has 158 valence electrons. The highest BCUT2D eigenvalue weighted by Crippen LogP contribution is 2.32. The summed E-state index contributed by atoms with van der Waals surface area (Å²) in [7, 11) is 0. The number of carbonyl (C=O) groups excluding carboxylic acids is 2. The van der Waals surface area contributed by atoms with E-state index < -0.39 is 0 Å². The molecule has 1 saturated carbocycles. The zero-order valence-corrected chi connectivity index (χ0v) is 17.5. The molecule has 1 aliphatic carbocycles. The van der Waals surface area contributed by atoms with Crippen molar-refractivity contribution in [3.8, 4) is 11.3 Å². The Morgan fingerprint density at radius 3 is 2.55 bits per heavy atom. The molecule has 2 aliphatic rings. The van der Waals surface area contributed by atoms with Gasteiger partial charge in [-0.3, -0.25) is 9.59 Å². The van der Waals surface area contributed by atoms with Crippen molar-refractivity contribution < 1.29 is 14.0 Å². The maximum atomic E-state index is 12.7. The zero-order valence-electron chi connectivity index (χ0n) is 17.5. The normalized spacial score (nSPS) is 15.4. The number of aryl methyl sites for hydroxylation is 1. The molecule has 0 unspecified atom stereocenters. The first-order valence-corrected chi connectivity index (χ1v) is 11.0. The van der Waals surface area contributed by atoms with Gasteiger partial charge in [-0.2, -0.15) is 0 Å². The second-order valence-corrected chi connectivity index (χ2v) is 8.45. The number of rotatable bonds is 6. The minimum atomic E-state index is 0.109. The first kappa shape index (κ1) is 19.6. The molecule has 31 heavy (non-hydrogen) atoms.